The van der Waals surface area contributed by atoms with Crippen LogP contribution >= 0.6 is 0 Å². The van der Waals surface area contributed by atoms with Crippen molar-refractivity contribution in [3.8, 4) is 0 Å². The predicted molar refractivity (Wildman–Crippen MR) is 60.4 cm³/mol. The number of fused-ring (bicyclic) bond motifs is 1. The third-order valence-corrected chi connectivity index (χ3v) is 3.17. The van der Waals surface area contributed by atoms with Crippen molar-refractivity contribution in [2.75, 3.05) is 0 Å². The van der Waals surface area contributed by atoms with Gasteiger partial charge in [-0.15, -0.1) is 0 Å². The molecule has 0 aliphatic rings. The molecule has 0 aliphatic heterocycles. The first-order valence-corrected chi connectivity index (χ1v) is 5.98. The lowest BCUT2D eigenvalue weighted by Crippen LogP contribution is -1.98. The van der Waals surface area contributed by atoms with Gasteiger partial charge in [0.25, 0.3) is 15.8 Å². The number of non-ortho nitro benzene ring substituents is 1. The lowest BCUT2D eigenvalue weighted by molar-refractivity contribution is -0.383. The average molecular weight is 253 g/mol. The molecule has 0 saturated heterocycles. The smallest absolute Gasteiger partial charge is 0.282 e. The summed E-state index contributed by atoms with van der Waals surface area (Å²) in [5.74, 6) is 0. The molecule has 0 atom stereocenters. The van der Waals surface area contributed by atoms with Crippen molar-refractivity contribution < 1.29 is 17.9 Å². The molecule has 0 spiro atoms. The Bertz CT molecular complexity index is 708. The zero-order valence-corrected chi connectivity index (χ0v) is 9.22. The van der Waals surface area contributed by atoms with Crippen LogP contribution in [0.15, 0.2) is 41.3 Å². The third-order valence-electron chi connectivity index (χ3n) is 2.32. The van der Waals surface area contributed by atoms with Gasteiger partial charge in [0.2, 0.25) is 0 Å². The number of nitro benzene ring substituents is 1. The Hall–Kier alpha value is -1.99. The van der Waals surface area contributed by atoms with Crippen molar-refractivity contribution in [1.82, 2.24) is 0 Å². The van der Waals surface area contributed by atoms with Gasteiger partial charge in [-0.25, -0.2) is 0 Å². The van der Waals surface area contributed by atoms with Crippen LogP contribution in [-0.4, -0.2) is 17.9 Å². The van der Waals surface area contributed by atoms with E-state index in [1.165, 1.54) is 30.3 Å². The number of hydrogen-bond donors (Lipinski definition) is 1. The second-order valence-corrected chi connectivity index (χ2v) is 4.81. The molecule has 0 amide bonds. The Morgan fingerprint density at radius 2 is 1.88 bits per heavy atom. The molecule has 2 aromatic carbocycles. The zero-order chi connectivity index (χ0) is 12.6. The van der Waals surface area contributed by atoms with E-state index in [0.717, 1.165) is 6.07 Å². The molecule has 2 rings (SSSR count). The van der Waals surface area contributed by atoms with Gasteiger partial charge in [-0.1, -0.05) is 12.1 Å². The van der Waals surface area contributed by atoms with Crippen LogP contribution in [-0.2, 0) is 10.1 Å². The molecule has 0 heterocycles. The zero-order valence-electron chi connectivity index (χ0n) is 8.40. The minimum absolute atomic E-state index is 0.107. The van der Waals surface area contributed by atoms with Crippen LogP contribution in [0.5, 0.6) is 0 Å². The third kappa shape index (κ3) is 2.10. The quantitative estimate of drug-likeness (QED) is 0.501. The topological polar surface area (TPSA) is 97.5 Å². The molecule has 6 nitrogen and oxygen atoms in total. The second-order valence-electron chi connectivity index (χ2n) is 3.39. The van der Waals surface area contributed by atoms with Gasteiger partial charge in [-0.05, 0) is 23.6 Å². The van der Waals surface area contributed by atoms with Crippen molar-refractivity contribution in [3.05, 3.63) is 46.5 Å². The van der Waals surface area contributed by atoms with Gasteiger partial charge >= 0.3 is 0 Å². The summed E-state index contributed by atoms with van der Waals surface area (Å²) in [5.41, 5.74) is -0.107. The van der Waals surface area contributed by atoms with Crippen LogP contribution in [0.3, 0.4) is 0 Å². The van der Waals surface area contributed by atoms with Gasteiger partial charge in [-0.3, -0.25) is 14.7 Å². The standard InChI is InChI=1S/C10H7NO5S/c12-11(13)10-3-1-2-7-6-8(17(14,15)16)4-5-9(7)10/h1-6H,(H,14,15,16). The lowest BCUT2D eigenvalue weighted by atomic mass is 10.1. The second kappa shape index (κ2) is 3.79. The molecule has 0 radical (unpaired) electrons. The first-order valence-electron chi connectivity index (χ1n) is 4.54. The summed E-state index contributed by atoms with van der Waals surface area (Å²) in [6.45, 7) is 0. The molecule has 0 aliphatic carbocycles. The van der Waals surface area contributed by atoms with Crippen molar-refractivity contribution in [1.29, 1.82) is 0 Å². The van der Waals surface area contributed by atoms with E-state index in [0.29, 0.717) is 10.8 Å². The molecule has 1 N–H and O–H groups in total. The van der Waals surface area contributed by atoms with Gasteiger partial charge < -0.3 is 0 Å². The Morgan fingerprint density at radius 3 is 2.47 bits per heavy atom. The van der Waals surface area contributed by atoms with Crippen LogP contribution < -0.4 is 0 Å². The maximum Gasteiger partial charge on any atom is 0.294 e. The number of rotatable bonds is 2. The maximum atomic E-state index is 10.9. The number of nitro groups is 1. The highest BCUT2D eigenvalue weighted by atomic mass is 32.2. The van der Waals surface area contributed by atoms with E-state index >= 15 is 0 Å². The van der Waals surface area contributed by atoms with E-state index in [1.807, 2.05) is 0 Å². The number of benzene rings is 2. The minimum atomic E-state index is -4.30. The van der Waals surface area contributed by atoms with Gasteiger partial charge in [0, 0.05) is 6.07 Å². The van der Waals surface area contributed by atoms with Crippen molar-refractivity contribution in [3.63, 3.8) is 0 Å². The number of hydrogen-bond acceptors (Lipinski definition) is 4. The van der Waals surface area contributed by atoms with E-state index in [2.05, 4.69) is 0 Å². The molecule has 0 fully saturated rings. The molecule has 7 heteroatoms. The van der Waals surface area contributed by atoms with E-state index < -0.39 is 15.0 Å². The van der Waals surface area contributed by atoms with Crippen molar-refractivity contribution in [2.45, 2.75) is 4.90 Å². The van der Waals surface area contributed by atoms with Crippen molar-refractivity contribution in [2.24, 2.45) is 0 Å². The molecule has 17 heavy (non-hydrogen) atoms. The molecule has 2 aromatic rings. The summed E-state index contributed by atoms with van der Waals surface area (Å²) in [7, 11) is -4.30. The fourth-order valence-electron chi connectivity index (χ4n) is 1.56. The lowest BCUT2D eigenvalue weighted by Gasteiger charge is -2.01. The number of nitrogens with zero attached hydrogens (tertiary/aromatic N) is 1. The molecule has 88 valence electrons. The van der Waals surface area contributed by atoms with Gasteiger partial charge in [-0.2, -0.15) is 8.42 Å². The highest BCUT2D eigenvalue weighted by molar-refractivity contribution is 7.85. The normalized spacial score (nSPS) is 11.6. The monoisotopic (exact) mass is 253 g/mol. The molecule has 0 bridgehead atoms. The highest BCUT2D eigenvalue weighted by Gasteiger charge is 2.14. The van der Waals surface area contributed by atoms with Crippen LogP contribution in [0.25, 0.3) is 10.8 Å². The molecule has 0 saturated carbocycles. The first kappa shape index (κ1) is 11.5. The van der Waals surface area contributed by atoms with Crippen molar-refractivity contribution >= 4 is 26.6 Å². The largest absolute Gasteiger partial charge is 0.294 e. The van der Waals surface area contributed by atoms with Gasteiger partial charge in [0.15, 0.2) is 0 Å². The predicted octanol–water partition coefficient (Wildman–Crippen LogP) is 1.99. The fourth-order valence-corrected chi connectivity index (χ4v) is 2.08. The summed E-state index contributed by atoms with van der Waals surface area (Å²) in [6, 6.07) is 7.94. The summed E-state index contributed by atoms with van der Waals surface area (Å²) in [6.07, 6.45) is 0. The van der Waals surface area contributed by atoms with Crippen LogP contribution in [0.4, 0.5) is 5.69 Å². The Balaban J connectivity index is 2.78. The maximum absolute atomic E-state index is 10.9. The molecule has 0 unspecified atom stereocenters. The summed E-state index contributed by atoms with van der Waals surface area (Å²) < 4.78 is 30.7. The summed E-state index contributed by atoms with van der Waals surface area (Å²) in [4.78, 5) is 9.90. The van der Waals surface area contributed by atoms with Crippen LogP contribution in [0.1, 0.15) is 0 Å². The van der Waals surface area contributed by atoms with Crippen LogP contribution in [0.2, 0.25) is 0 Å². The van der Waals surface area contributed by atoms with E-state index in [4.69, 9.17) is 4.55 Å². The highest BCUT2D eigenvalue weighted by Crippen LogP contribution is 2.27. The molecular weight excluding hydrogens is 246 g/mol. The fraction of sp³-hybridized carbons (Fsp3) is 0. The average Bonchev–Trinajstić information content (AvgIpc) is 2.26. The van der Waals surface area contributed by atoms with E-state index in [-0.39, 0.29) is 10.6 Å². The van der Waals surface area contributed by atoms with Gasteiger partial charge in [0.05, 0.1) is 15.2 Å². The Morgan fingerprint density at radius 1 is 1.18 bits per heavy atom. The van der Waals surface area contributed by atoms with E-state index in [1.54, 1.807) is 0 Å². The summed E-state index contributed by atoms with van der Waals surface area (Å²) in [5, 5.41) is 11.4. The molecule has 0 aromatic heterocycles. The Kier molecular flexibility index (Phi) is 2.56. The Labute approximate surface area is 96.4 Å². The summed E-state index contributed by atoms with van der Waals surface area (Å²) >= 11 is 0. The van der Waals surface area contributed by atoms with E-state index in [9.17, 15) is 18.5 Å². The van der Waals surface area contributed by atoms with Crippen LogP contribution in [0, 0.1) is 10.1 Å². The first-order chi connectivity index (χ1) is 7.89. The minimum Gasteiger partial charge on any atom is -0.282 e. The molecular formula is C10H7NO5S. The SMILES string of the molecule is O=[N+]([O-])c1cccc2cc(S(=O)(=O)O)ccc12. The van der Waals surface area contributed by atoms with Gasteiger partial charge in [0.1, 0.15) is 0 Å².